The molecule has 1 unspecified atom stereocenters. The topological polar surface area (TPSA) is 79.5 Å². The molecule has 1 saturated heterocycles. The molecule has 3 N–H and O–H groups in total. The summed E-state index contributed by atoms with van der Waals surface area (Å²) in [5.41, 5.74) is -0.217. The van der Waals surface area contributed by atoms with Crippen molar-refractivity contribution in [2.45, 2.75) is 45.3 Å². The third kappa shape index (κ3) is 6.02. The van der Waals surface area contributed by atoms with Crippen molar-refractivity contribution in [1.82, 2.24) is 16.0 Å². The lowest BCUT2D eigenvalue weighted by Gasteiger charge is -2.38. The van der Waals surface area contributed by atoms with Gasteiger partial charge in [-0.05, 0) is 20.3 Å². The molecule has 1 rings (SSSR count). The van der Waals surface area contributed by atoms with Gasteiger partial charge in [-0.3, -0.25) is 9.59 Å². The van der Waals surface area contributed by atoms with Crippen molar-refractivity contribution in [3.8, 4) is 0 Å². The van der Waals surface area contributed by atoms with Gasteiger partial charge < -0.3 is 20.7 Å². The van der Waals surface area contributed by atoms with Crippen LogP contribution in [0.3, 0.4) is 0 Å². The Morgan fingerprint density at radius 2 is 2.05 bits per heavy atom. The van der Waals surface area contributed by atoms with E-state index in [2.05, 4.69) is 16.0 Å². The van der Waals surface area contributed by atoms with E-state index in [1.165, 1.54) is 0 Å². The van der Waals surface area contributed by atoms with Gasteiger partial charge in [-0.1, -0.05) is 6.92 Å². The zero-order valence-corrected chi connectivity index (χ0v) is 12.0. The molecule has 1 aliphatic rings. The fraction of sp³-hybridized carbons (Fsp3) is 0.846. The van der Waals surface area contributed by atoms with Gasteiger partial charge in [0.2, 0.25) is 11.8 Å². The van der Waals surface area contributed by atoms with Gasteiger partial charge in [0.1, 0.15) is 6.61 Å². The first-order chi connectivity index (χ1) is 8.95. The van der Waals surface area contributed by atoms with Crippen LogP contribution in [0.1, 0.15) is 33.6 Å². The fourth-order valence-corrected chi connectivity index (χ4v) is 1.63. The Balaban J connectivity index is 2.05. The predicted molar refractivity (Wildman–Crippen MR) is 72.7 cm³/mol. The molecule has 0 bridgehead atoms. The quantitative estimate of drug-likeness (QED) is 0.570. The monoisotopic (exact) mass is 271 g/mol. The van der Waals surface area contributed by atoms with Crippen LogP contribution in [0.4, 0.5) is 0 Å². The van der Waals surface area contributed by atoms with E-state index in [9.17, 15) is 9.59 Å². The molecule has 6 heteroatoms. The summed E-state index contributed by atoms with van der Waals surface area (Å²) in [6.07, 6.45) is 1.20. The molecule has 0 spiro atoms. The van der Waals surface area contributed by atoms with E-state index in [4.69, 9.17) is 4.74 Å². The number of hydrogen-bond acceptors (Lipinski definition) is 4. The van der Waals surface area contributed by atoms with E-state index in [0.717, 1.165) is 19.5 Å². The summed E-state index contributed by atoms with van der Waals surface area (Å²) in [7, 11) is 0. The highest BCUT2D eigenvalue weighted by Gasteiger charge is 2.32. The van der Waals surface area contributed by atoms with Crippen molar-refractivity contribution in [3.63, 3.8) is 0 Å². The van der Waals surface area contributed by atoms with Crippen molar-refractivity contribution >= 4 is 11.8 Å². The van der Waals surface area contributed by atoms with E-state index in [1.54, 1.807) is 0 Å². The highest BCUT2D eigenvalue weighted by Crippen LogP contribution is 2.14. The van der Waals surface area contributed by atoms with Gasteiger partial charge in [0, 0.05) is 32.1 Å². The zero-order chi connectivity index (χ0) is 14.3. The highest BCUT2D eigenvalue weighted by molar-refractivity contribution is 5.79. The molecule has 1 fully saturated rings. The fourth-order valence-electron chi connectivity index (χ4n) is 1.63. The second-order valence-electron chi connectivity index (χ2n) is 5.32. The Hall–Kier alpha value is -1.14. The van der Waals surface area contributed by atoms with Crippen LogP contribution in [0.5, 0.6) is 0 Å². The zero-order valence-electron chi connectivity index (χ0n) is 12.0. The molecule has 1 aliphatic heterocycles. The van der Waals surface area contributed by atoms with Gasteiger partial charge in [-0.25, -0.2) is 0 Å². The van der Waals surface area contributed by atoms with E-state index in [1.807, 2.05) is 20.8 Å². The average molecular weight is 271 g/mol. The van der Waals surface area contributed by atoms with Crippen molar-refractivity contribution in [1.29, 1.82) is 0 Å². The molecular formula is C13H25N3O3. The van der Waals surface area contributed by atoms with Gasteiger partial charge in [0.15, 0.2) is 0 Å². The number of nitrogens with one attached hydrogen (secondary N) is 3. The molecule has 0 aliphatic carbocycles. The maximum absolute atomic E-state index is 11.5. The molecule has 0 aromatic heterocycles. The summed E-state index contributed by atoms with van der Waals surface area (Å²) in [4.78, 5) is 23.0. The second kappa shape index (κ2) is 7.45. The highest BCUT2D eigenvalue weighted by atomic mass is 16.5. The Kier molecular flexibility index (Phi) is 6.24. The van der Waals surface area contributed by atoms with Crippen molar-refractivity contribution in [3.05, 3.63) is 0 Å². The summed E-state index contributed by atoms with van der Waals surface area (Å²) < 4.78 is 5.49. The normalized spacial score (nSPS) is 18.3. The first kappa shape index (κ1) is 15.9. The Morgan fingerprint density at radius 3 is 2.58 bits per heavy atom. The van der Waals surface area contributed by atoms with Gasteiger partial charge in [-0.2, -0.15) is 0 Å². The lowest BCUT2D eigenvalue weighted by molar-refractivity contribution is -0.135. The lowest BCUT2D eigenvalue weighted by atomic mass is 10.0. The number of hydrogen-bond donors (Lipinski definition) is 3. The summed E-state index contributed by atoms with van der Waals surface area (Å²) in [5.74, 6) is -0.213. The molecule has 0 saturated carbocycles. The number of carbonyl (C=O) groups excluding carboxylic acids is 2. The van der Waals surface area contributed by atoms with Crippen LogP contribution in [0.15, 0.2) is 0 Å². The minimum Gasteiger partial charge on any atom is -0.363 e. The SMILES string of the molecule is CCC(C)NC(=O)CCNC(=O)COC1(C)CNC1. The molecule has 0 radical (unpaired) electrons. The lowest BCUT2D eigenvalue weighted by Crippen LogP contribution is -2.59. The van der Waals surface area contributed by atoms with Crippen LogP contribution >= 0.6 is 0 Å². The molecule has 1 atom stereocenters. The summed E-state index contributed by atoms with van der Waals surface area (Å²) in [6.45, 7) is 7.88. The summed E-state index contributed by atoms with van der Waals surface area (Å²) in [6, 6.07) is 0.178. The molecule has 0 aromatic carbocycles. The minimum absolute atomic E-state index is 0.0364. The molecule has 19 heavy (non-hydrogen) atoms. The van der Waals surface area contributed by atoms with E-state index < -0.39 is 0 Å². The van der Waals surface area contributed by atoms with E-state index >= 15 is 0 Å². The minimum atomic E-state index is -0.217. The number of rotatable bonds is 8. The van der Waals surface area contributed by atoms with E-state index in [0.29, 0.717) is 13.0 Å². The van der Waals surface area contributed by atoms with Gasteiger partial charge in [0.05, 0.1) is 5.60 Å². The second-order valence-corrected chi connectivity index (χ2v) is 5.32. The van der Waals surface area contributed by atoms with Crippen LogP contribution in [-0.2, 0) is 14.3 Å². The molecule has 2 amide bonds. The summed E-state index contributed by atoms with van der Waals surface area (Å²) in [5, 5.41) is 8.63. The Labute approximate surface area is 114 Å². The van der Waals surface area contributed by atoms with Crippen LogP contribution in [0.25, 0.3) is 0 Å². The van der Waals surface area contributed by atoms with Crippen LogP contribution in [-0.4, -0.2) is 49.7 Å². The first-order valence-corrected chi connectivity index (χ1v) is 6.86. The smallest absolute Gasteiger partial charge is 0.246 e. The number of ether oxygens (including phenoxy) is 1. The van der Waals surface area contributed by atoms with Gasteiger partial charge in [-0.15, -0.1) is 0 Å². The third-order valence-electron chi connectivity index (χ3n) is 3.24. The van der Waals surface area contributed by atoms with Crippen molar-refractivity contribution in [2.24, 2.45) is 0 Å². The molecule has 6 nitrogen and oxygen atoms in total. The van der Waals surface area contributed by atoms with E-state index in [-0.39, 0.29) is 30.1 Å². The van der Waals surface area contributed by atoms with Crippen LogP contribution < -0.4 is 16.0 Å². The van der Waals surface area contributed by atoms with Crippen LogP contribution in [0.2, 0.25) is 0 Å². The molecule has 1 heterocycles. The summed E-state index contributed by atoms with van der Waals surface area (Å²) >= 11 is 0. The van der Waals surface area contributed by atoms with Crippen LogP contribution in [0, 0.1) is 0 Å². The standard InChI is InChI=1S/C13H25N3O3/c1-4-10(2)16-11(17)5-6-15-12(18)7-19-13(3)8-14-9-13/h10,14H,4-9H2,1-3H3,(H,15,18)(H,16,17). The van der Waals surface area contributed by atoms with Gasteiger partial charge >= 0.3 is 0 Å². The maximum Gasteiger partial charge on any atom is 0.246 e. The third-order valence-corrected chi connectivity index (χ3v) is 3.24. The Morgan fingerprint density at radius 1 is 1.37 bits per heavy atom. The molecular weight excluding hydrogens is 246 g/mol. The molecule has 0 aromatic rings. The average Bonchev–Trinajstić information content (AvgIpc) is 2.33. The van der Waals surface area contributed by atoms with Crippen molar-refractivity contribution < 1.29 is 14.3 Å². The predicted octanol–water partition coefficient (Wildman–Crippen LogP) is -0.214. The number of carbonyl (C=O) groups is 2. The first-order valence-electron chi connectivity index (χ1n) is 6.86. The van der Waals surface area contributed by atoms with Crippen molar-refractivity contribution in [2.75, 3.05) is 26.2 Å². The van der Waals surface area contributed by atoms with Gasteiger partial charge in [0.25, 0.3) is 0 Å². The largest absolute Gasteiger partial charge is 0.363 e. The maximum atomic E-state index is 11.5. The number of amides is 2. The molecule has 110 valence electrons. The Bertz CT molecular complexity index is 316.